The summed E-state index contributed by atoms with van der Waals surface area (Å²) in [4.78, 5) is 2.89. The molecule has 1 aromatic rings. The van der Waals surface area contributed by atoms with Crippen LogP contribution in [0.25, 0.3) is 0 Å². The maximum Gasteiger partial charge on any atom is 0.120 e. The van der Waals surface area contributed by atoms with E-state index in [2.05, 4.69) is 17.1 Å². The van der Waals surface area contributed by atoms with Gasteiger partial charge < -0.3 is 20.7 Å². The summed E-state index contributed by atoms with van der Waals surface area (Å²) in [6.07, 6.45) is 2.62. The number of methoxy groups -OCH3 is 1. The van der Waals surface area contributed by atoms with Crippen molar-refractivity contribution in [2.24, 2.45) is 5.73 Å². The standard InChI is InChI=1S/C15H23N3OS/c1-11(10-18-7-3-4-8-18)17-14-9-12(19-2)5-6-13(14)15(16)20/h5-6,9,11,17H,3-4,7-8,10H2,1-2H3,(H2,16,20). The van der Waals surface area contributed by atoms with Crippen molar-refractivity contribution < 1.29 is 4.74 Å². The number of nitrogens with two attached hydrogens (primary N) is 1. The molecule has 0 saturated carbocycles. The molecule has 20 heavy (non-hydrogen) atoms. The summed E-state index contributed by atoms with van der Waals surface area (Å²) in [5, 5.41) is 3.50. The summed E-state index contributed by atoms with van der Waals surface area (Å²) in [5.41, 5.74) is 7.60. The average molecular weight is 293 g/mol. The van der Waals surface area contributed by atoms with Gasteiger partial charge in [-0.15, -0.1) is 0 Å². The Morgan fingerprint density at radius 2 is 2.15 bits per heavy atom. The van der Waals surface area contributed by atoms with E-state index in [1.807, 2.05) is 18.2 Å². The number of likely N-dealkylation sites (tertiary alicyclic amines) is 1. The molecule has 1 aliphatic heterocycles. The molecule has 1 atom stereocenters. The van der Waals surface area contributed by atoms with Crippen LogP contribution in [0.4, 0.5) is 5.69 Å². The van der Waals surface area contributed by atoms with Crippen LogP contribution < -0.4 is 15.8 Å². The second-order valence-electron chi connectivity index (χ2n) is 5.33. The highest BCUT2D eigenvalue weighted by Gasteiger charge is 2.16. The van der Waals surface area contributed by atoms with Gasteiger partial charge in [0.1, 0.15) is 10.7 Å². The Balaban J connectivity index is 2.07. The zero-order valence-corrected chi connectivity index (χ0v) is 13.0. The Morgan fingerprint density at radius 3 is 2.75 bits per heavy atom. The lowest BCUT2D eigenvalue weighted by molar-refractivity contribution is 0.328. The number of anilines is 1. The molecule has 110 valence electrons. The van der Waals surface area contributed by atoms with Crippen molar-refractivity contribution in [2.45, 2.75) is 25.8 Å². The highest BCUT2D eigenvalue weighted by atomic mass is 32.1. The SMILES string of the molecule is COc1ccc(C(N)=S)c(NC(C)CN2CCCC2)c1. The third-order valence-electron chi connectivity index (χ3n) is 3.62. The first-order valence-electron chi connectivity index (χ1n) is 7.07. The largest absolute Gasteiger partial charge is 0.497 e. The van der Waals surface area contributed by atoms with Gasteiger partial charge in [-0.2, -0.15) is 0 Å². The smallest absolute Gasteiger partial charge is 0.120 e. The lowest BCUT2D eigenvalue weighted by Crippen LogP contribution is -2.33. The first-order valence-corrected chi connectivity index (χ1v) is 7.47. The van der Waals surface area contributed by atoms with E-state index >= 15 is 0 Å². The molecule has 1 unspecified atom stereocenters. The highest BCUT2D eigenvalue weighted by molar-refractivity contribution is 7.80. The quantitative estimate of drug-likeness (QED) is 0.788. The predicted molar refractivity (Wildman–Crippen MR) is 87.6 cm³/mol. The number of thiocarbonyl (C=S) groups is 1. The molecule has 1 aromatic carbocycles. The lowest BCUT2D eigenvalue weighted by Gasteiger charge is -2.23. The minimum absolute atomic E-state index is 0.341. The second-order valence-corrected chi connectivity index (χ2v) is 5.77. The van der Waals surface area contributed by atoms with E-state index in [0.29, 0.717) is 11.0 Å². The zero-order valence-electron chi connectivity index (χ0n) is 12.2. The van der Waals surface area contributed by atoms with E-state index < -0.39 is 0 Å². The van der Waals surface area contributed by atoms with E-state index in [9.17, 15) is 0 Å². The van der Waals surface area contributed by atoms with Crippen LogP contribution in [-0.2, 0) is 0 Å². The topological polar surface area (TPSA) is 50.5 Å². The second kappa shape index (κ2) is 6.90. The number of nitrogens with zero attached hydrogens (tertiary/aromatic N) is 1. The predicted octanol–water partition coefficient (Wildman–Crippen LogP) is 2.23. The molecule has 1 fully saturated rings. The fraction of sp³-hybridized carbons (Fsp3) is 0.533. The summed E-state index contributed by atoms with van der Waals surface area (Å²) in [5.74, 6) is 0.806. The van der Waals surface area contributed by atoms with Gasteiger partial charge >= 0.3 is 0 Å². The van der Waals surface area contributed by atoms with E-state index in [0.717, 1.165) is 23.5 Å². The molecule has 0 radical (unpaired) electrons. The van der Waals surface area contributed by atoms with Gasteiger partial charge in [-0.05, 0) is 45.0 Å². The van der Waals surface area contributed by atoms with Gasteiger partial charge in [0.2, 0.25) is 0 Å². The van der Waals surface area contributed by atoms with Gasteiger partial charge in [-0.3, -0.25) is 0 Å². The number of hydrogen-bond acceptors (Lipinski definition) is 4. The van der Waals surface area contributed by atoms with Crippen LogP contribution >= 0.6 is 12.2 Å². The Hall–Kier alpha value is -1.33. The summed E-state index contributed by atoms with van der Waals surface area (Å²) in [6.45, 7) is 5.62. The van der Waals surface area contributed by atoms with E-state index in [1.165, 1.54) is 25.9 Å². The third-order valence-corrected chi connectivity index (χ3v) is 3.84. The van der Waals surface area contributed by atoms with Crippen molar-refractivity contribution in [3.05, 3.63) is 23.8 Å². The van der Waals surface area contributed by atoms with Gasteiger partial charge in [0.25, 0.3) is 0 Å². The minimum atomic E-state index is 0.341. The van der Waals surface area contributed by atoms with Crippen molar-refractivity contribution in [3.8, 4) is 5.75 Å². The van der Waals surface area contributed by atoms with Crippen molar-refractivity contribution in [3.63, 3.8) is 0 Å². The number of benzene rings is 1. The first-order chi connectivity index (χ1) is 9.60. The number of ether oxygens (including phenoxy) is 1. The lowest BCUT2D eigenvalue weighted by atomic mass is 10.1. The molecule has 4 nitrogen and oxygen atoms in total. The Morgan fingerprint density at radius 1 is 1.45 bits per heavy atom. The molecule has 0 amide bonds. The summed E-state index contributed by atoms with van der Waals surface area (Å²) in [7, 11) is 1.66. The van der Waals surface area contributed by atoms with Gasteiger partial charge in [0, 0.05) is 29.9 Å². The highest BCUT2D eigenvalue weighted by Crippen LogP contribution is 2.23. The average Bonchev–Trinajstić information content (AvgIpc) is 2.90. The molecule has 1 heterocycles. The van der Waals surface area contributed by atoms with Crippen LogP contribution in [0.3, 0.4) is 0 Å². The van der Waals surface area contributed by atoms with Crippen LogP contribution in [-0.4, -0.2) is 42.7 Å². The van der Waals surface area contributed by atoms with Crippen molar-refractivity contribution >= 4 is 22.9 Å². The number of nitrogens with one attached hydrogen (secondary N) is 1. The monoisotopic (exact) mass is 293 g/mol. The van der Waals surface area contributed by atoms with Gasteiger partial charge in [-0.25, -0.2) is 0 Å². The molecule has 0 bridgehead atoms. The molecule has 3 N–H and O–H groups in total. The molecular weight excluding hydrogens is 270 g/mol. The molecule has 0 aromatic heterocycles. The Labute approximate surface area is 126 Å². The fourth-order valence-electron chi connectivity index (χ4n) is 2.65. The van der Waals surface area contributed by atoms with Crippen molar-refractivity contribution in [1.29, 1.82) is 0 Å². The van der Waals surface area contributed by atoms with E-state index in [1.54, 1.807) is 7.11 Å². The molecule has 5 heteroatoms. The first kappa shape index (κ1) is 15.1. The molecule has 1 aliphatic rings. The number of rotatable bonds is 6. The summed E-state index contributed by atoms with van der Waals surface area (Å²) < 4.78 is 5.27. The minimum Gasteiger partial charge on any atom is -0.497 e. The van der Waals surface area contributed by atoms with Crippen LogP contribution in [0, 0.1) is 0 Å². The number of hydrogen-bond donors (Lipinski definition) is 2. The van der Waals surface area contributed by atoms with Gasteiger partial charge in [-0.1, -0.05) is 12.2 Å². The maximum absolute atomic E-state index is 5.79. The summed E-state index contributed by atoms with van der Waals surface area (Å²) >= 11 is 5.11. The molecular formula is C15H23N3OS. The van der Waals surface area contributed by atoms with Crippen LogP contribution in [0.15, 0.2) is 18.2 Å². The maximum atomic E-state index is 5.79. The summed E-state index contributed by atoms with van der Waals surface area (Å²) in [6, 6.07) is 6.08. The van der Waals surface area contributed by atoms with Gasteiger partial charge in [0.15, 0.2) is 0 Å². The Bertz CT molecular complexity index is 472. The molecule has 0 spiro atoms. The normalized spacial score (nSPS) is 16.9. The van der Waals surface area contributed by atoms with E-state index in [4.69, 9.17) is 22.7 Å². The molecule has 1 saturated heterocycles. The molecule has 0 aliphatic carbocycles. The van der Waals surface area contributed by atoms with Gasteiger partial charge in [0.05, 0.1) is 7.11 Å². The van der Waals surface area contributed by atoms with Crippen LogP contribution in [0.5, 0.6) is 5.75 Å². The van der Waals surface area contributed by atoms with Crippen molar-refractivity contribution in [2.75, 3.05) is 32.1 Å². The van der Waals surface area contributed by atoms with Crippen molar-refractivity contribution in [1.82, 2.24) is 4.90 Å². The van der Waals surface area contributed by atoms with Crippen LogP contribution in [0.1, 0.15) is 25.3 Å². The fourth-order valence-corrected chi connectivity index (χ4v) is 2.83. The Kier molecular flexibility index (Phi) is 5.20. The zero-order chi connectivity index (χ0) is 14.5. The van der Waals surface area contributed by atoms with Crippen LogP contribution in [0.2, 0.25) is 0 Å². The third kappa shape index (κ3) is 3.84. The molecule has 2 rings (SSSR count). The van der Waals surface area contributed by atoms with E-state index in [-0.39, 0.29) is 0 Å².